The fourth-order valence-corrected chi connectivity index (χ4v) is 3.58. The van der Waals surface area contributed by atoms with E-state index in [0.29, 0.717) is 18.9 Å². The number of likely N-dealkylation sites (tertiary alicyclic amines) is 1. The van der Waals surface area contributed by atoms with Crippen molar-refractivity contribution in [2.45, 2.75) is 58.4 Å². The van der Waals surface area contributed by atoms with Crippen LogP contribution in [0.4, 0.5) is 0 Å². The summed E-state index contributed by atoms with van der Waals surface area (Å²) in [6.07, 6.45) is 9.16. The summed E-state index contributed by atoms with van der Waals surface area (Å²) in [5, 5.41) is 3.96. The zero-order chi connectivity index (χ0) is 16.9. The first-order valence-electron chi connectivity index (χ1n) is 8.75. The average Bonchev–Trinajstić information content (AvgIpc) is 3.19. The molecule has 128 valence electrons. The number of aromatic nitrogens is 2. The lowest BCUT2D eigenvalue weighted by molar-refractivity contribution is -0.132. The van der Waals surface area contributed by atoms with Gasteiger partial charge in [-0.25, -0.2) is 0 Å². The molecule has 3 rings (SSSR count). The molecule has 5 heteroatoms. The summed E-state index contributed by atoms with van der Waals surface area (Å²) in [6.45, 7) is 4.73. The highest BCUT2D eigenvalue weighted by atomic mass is 16.5. The minimum atomic E-state index is 0.257. The number of pyridine rings is 1. The van der Waals surface area contributed by atoms with Crippen LogP contribution in [0.3, 0.4) is 0 Å². The molecule has 1 aliphatic heterocycles. The fraction of sp³-hybridized carbons (Fsp3) is 0.526. The van der Waals surface area contributed by atoms with Crippen LogP contribution >= 0.6 is 0 Å². The highest BCUT2D eigenvalue weighted by molar-refractivity contribution is 5.77. The van der Waals surface area contributed by atoms with Gasteiger partial charge in [0.05, 0.1) is 5.69 Å². The summed E-state index contributed by atoms with van der Waals surface area (Å²) >= 11 is 0. The summed E-state index contributed by atoms with van der Waals surface area (Å²) in [5.41, 5.74) is 3.27. The predicted octanol–water partition coefficient (Wildman–Crippen LogP) is 3.24. The monoisotopic (exact) mass is 327 g/mol. The molecule has 1 atom stereocenters. The second kappa shape index (κ2) is 7.60. The zero-order valence-corrected chi connectivity index (χ0v) is 14.5. The molecule has 0 N–H and O–H groups in total. The molecule has 2 aromatic rings. The molecule has 3 heterocycles. The molecule has 0 radical (unpaired) electrons. The molecule has 0 saturated carbocycles. The maximum Gasteiger partial charge on any atom is 0.223 e. The normalized spacial score (nSPS) is 17.4. The number of hydrogen-bond acceptors (Lipinski definition) is 4. The van der Waals surface area contributed by atoms with Gasteiger partial charge in [0.15, 0.2) is 0 Å². The van der Waals surface area contributed by atoms with E-state index in [1.807, 2.05) is 26.2 Å². The van der Waals surface area contributed by atoms with Crippen molar-refractivity contribution in [3.05, 3.63) is 47.1 Å². The Morgan fingerprint density at radius 2 is 2.08 bits per heavy atom. The summed E-state index contributed by atoms with van der Waals surface area (Å²) in [6, 6.07) is 4.48. The molecule has 0 aromatic carbocycles. The standard InChI is InChI=1S/C19H25N3O2/c1-14-18(15(2)24-21-14)7-8-19(23)22-13-3-4-17(22)6-5-16-9-11-20-12-10-16/h9-12,17H,3-8,13H2,1-2H3. The average molecular weight is 327 g/mol. The Morgan fingerprint density at radius 1 is 1.29 bits per heavy atom. The van der Waals surface area contributed by atoms with Gasteiger partial charge in [-0.15, -0.1) is 0 Å². The van der Waals surface area contributed by atoms with Crippen LogP contribution in [0.5, 0.6) is 0 Å². The lowest BCUT2D eigenvalue weighted by atomic mass is 10.0. The van der Waals surface area contributed by atoms with E-state index in [4.69, 9.17) is 4.52 Å². The van der Waals surface area contributed by atoms with E-state index >= 15 is 0 Å². The van der Waals surface area contributed by atoms with Gasteiger partial charge >= 0.3 is 0 Å². The third kappa shape index (κ3) is 3.83. The van der Waals surface area contributed by atoms with Gasteiger partial charge in [0.25, 0.3) is 0 Å². The largest absolute Gasteiger partial charge is 0.361 e. The van der Waals surface area contributed by atoms with Crippen molar-refractivity contribution in [1.29, 1.82) is 0 Å². The first kappa shape index (κ1) is 16.7. The van der Waals surface area contributed by atoms with E-state index in [1.54, 1.807) is 0 Å². The van der Waals surface area contributed by atoms with Crippen molar-refractivity contribution in [3.8, 4) is 0 Å². The summed E-state index contributed by atoms with van der Waals surface area (Å²) < 4.78 is 5.18. The molecule has 1 amide bonds. The smallest absolute Gasteiger partial charge is 0.223 e. The van der Waals surface area contributed by atoms with Gasteiger partial charge in [-0.05, 0) is 63.6 Å². The van der Waals surface area contributed by atoms with Gasteiger partial charge in [0, 0.05) is 37.0 Å². The quantitative estimate of drug-likeness (QED) is 0.817. The van der Waals surface area contributed by atoms with Crippen LogP contribution in [0.25, 0.3) is 0 Å². The molecule has 5 nitrogen and oxygen atoms in total. The number of hydrogen-bond donors (Lipinski definition) is 0. The van der Waals surface area contributed by atoms with Crippen LogP contribution in [0.15, 0.2) is 29.0 Å². The number of aryl methyl sites for hydroxylation is 3. The maximum absolute atomic E-state index is 12.6. The SMILES string of the molecule is Cc1noc(C)c1CCC(=O)N1CCCC1CCc1ccncc1. The van der Waals surface area contributed by atoms with Crippen molar-refractivity contribution < 1.29 is 9.32 Å². The minimum absolute atomic E-state index is 0.257. The van der Waals surface area contributed by atoms with Crippen molar-refractivity contribution in [2.24, 2.45) is 0 Å². The molecule has 1 fully saturated rings. The van der Waals surface area contributed by atoms with Gasteiger partial charge in [-0.1, -0.05) is 5.16 Å². The van der Waals surface area contributed by atoms with Crippen LogP contribution in [0.2, 0.25) is 0 Å². The Bertz CT molecular complexity index is 662. The molecular weight excluding hydrogens is 302 g/mol. The molecule has 0 spiro atoms. The molecule has 2 aromatic heterocycles. The van der Waals surface area contributed by atoms with Gasteiger partial charge in [-0.2, -0.15) is 0 Å². The number of carbonyl (C=O) groups is 1. The third-order valence-corrected chi connectivity index (χ3v) is 4.98. The Labute approximate surface area is 143 Å². The van der Waals surface area contributed by atoms with E-state index in [0.717, 1.165) is 49.2 Å². The molecule has 1 unspecified atom stereocenters. The molecule has 1 saturated heterocycles. The van der Waals surface area contributed by atoms with Crippen LogP contribution in [-0.4, -0.2) is 33.5 Å². The highest BCUT2D eigenvalue weighted by Crippen LogP contribution is 2.24. The number of rotatable bonds is 6. The van der Waals surface area contributed by atoms with Crippen molar-refractivity contribution >= 4 is 5.91 Å². The van der Waals surface area contributed by atoms with E-state index in [-0.39, 0.29) is 5.91 Å². The fourth-order valence-electron chi connectivity index (χ4n) is 3.58. The number of amides is 1. The Kier molecular flexibility index (Phi) is 5.28. The van der Waals surface area contributed by atoms with Gasteiger partial charge in [-0.3, -0.25) is 9.78 Å². The second-order valence-corrected chi connectivity index (χ2v) is 6.58. The lowest BCUT2D eigenvalue weighted by Gasteiger charge is -2.25. The van der Waals surface area contributed by atoms with Gasteiger partial charge in [0.2, 0.25) is 5.91 Å². The topological polar surface area (TPSA) is 59.2 Å². The van der Waals surface area contributed by atoms with E-state index in [9.17, 15) is 4.79 Å². The van der Waals surface area contributed by atoms with Gasteiger partial charge < -0.3 is 9.42 Å². The molecule has 1 aliphatic rings. The van der Waals surface area contributed by atoms with E-state index < -0.39 is 0 Å². The Hall–Kier alpha value is -2.17. The number of carbonyl (C=O) groups excluding carboxylic acids is 1. The molecule has 0 aliphatic carbocycles. The highest BCUT2D eigenvalue weighted by Gasteiger charge is 2.28. The first-order chi connectivity index (χ1) is 11.6. The number of nitrogens with zero attached hydrogens (tertiary/aromatic N) is 3. The molecular formula is C19H25N3O2. The van der Waals surface area contributed by atoms with Gasteiger partial charge in [0.1, 0.15) is 5.76 Å². The first-order valence-corrected chi connectivity index (χ1v) is 8.75. The van der Waals surface area contributed by atoms with E-state index in [2.05, 4.69) is 27.2 Å². The summed E-state index contributed by atoms with van der Waals surface area (Å²) in [5.74, 6) is 1.09. The summed E-state index contributed by atoms with van der Waals surface area (Å²) in [7, 11) is 0. The van der Waals surface area contributed by atoms with E-state index in [1.165, 1.54) is 5.56 Å². The third-order valence-electron chi connectivity index (χ3n) is 4.98. The predicted molar refractivity (Wildman–Crippen MR) is 91.6 cm³/mol. The maximum atomic E-state index is 12.6. The summed E-state index contributed by atoms with van der Waals surface area (Å²) in [4.78, 5) is 18.8. The van der Waals surface area contributed by atoms with Crippen molar-refractivity contribution in [2.75, 3.05) is 6.54 Å². The lowest BCUT2D eigenvalue weighted by Crippen LogP contribution is -2.36. The van der Waals surface area contributed by atoms with Crippen molar-refractivity contribution in [3.63, 3.8) is 0 Å². The van der Waals surface area contributed by atoms with Crippen LogP contribution < -0.4 is 0 Å². The molecule has 0 bridgehead atoms. The Balaban J connectivity index is 1.53. The zero-order valence-electron chi connectivity index (χ0n) is 14.5. The molecule has 24 heavy (non-hydrogen) atoms. The van der Waals surface area contributed by atoms with Crippen molar-refractivity contribution in [1.82, 2.24) is 15.0 Å². The Morgan fingerprint density at radius 3 is 2.79 bits per heavy atom. The second-order valence-electron chi connectivity index (χ2n) is 6.58. The van der Waals surface area contributed by atoms with Crippen LogP contribution in [0.1, 0.15) is 48.3 Å². The minimum Gasteiger partial charge on any atom is -0.361 e. The van der Waals surface area contributed by atoms with Crippen LogP contribution in [0, 0.1) is 13.8 Å². The van der Waals surface area contributed by atoms with Crippen LogP contribution in [-0.2, 0) is 17.6 Å².